The minimum atomic E-state index is 0.0902. The van der Waals surface area contributed by atoms with E-state index in [1.807, 2.05) is 48.2 Å². The van der Waals surface area contributed by atoms with Crippen molar-refractivity contribution in [3.63, 3.8) is 0 Å². The summed E-state index contributed by atoms with van der Waals surface area (Å²) in [6, 6.07) is 13.3. The highest BCUT2D eigenvalue weighted by atomic mass is 35.5. The van der Waals surface area contributed by atoms with Gasteiger partial charge in [0.2, 0.25) is 0 Å². The number of nitrogens with zero attached hydrogens (tertiary/aromatic N) is 2. The summed E-state index contributed by atoms with van der Waals surface area (Å²) < 4.78 is 0. The molecule has 1 aromatic heterocycles. The third kappa shape index (κ3) is 2.79. The van der Waals surface area contributed by atoms with Gasteiger partial charge < -0.3 is 4.90 Å². The van der Waals surface area contributed by atoms with E-state index >= 15 is 0 Å². The van der Waals surface area contributed by atoms with Crippen LogP contribution in [0.2, 0.25) is 5.15 Å². The van der Waals surface area contributed by atoms with E-state index in [1.54, 1.807) is 6.07 Å². The molecule has 1 fully saturated rings. The van der Waals surface area contributed by atoms with Crippen LogP contribution in [0, 0.1) is 6.92 Å². The number of rotatable bonds is 2. The quantitative estimate of drug-likeness (QED) is 0.785. The molecule has 2 aromatic rings. The molecule has 0 N–H and O–H groups in total. The average Bonchev–Trinajstić information content (AvgIpc) is 2.96. The predicted octanol–water partition coefficient (Wildman–Crippen LogP) is 4.02. The molecule has 3 rings (SSSR count). The number of benzene rings is 1. The number of aromatic nitrogens is 1. The van der Waals surface area contributed by atoms with Crippen LogP contribution in [0.3, 0.4) is 0 Å². The first-order valence-corrected chi connectivity index (χ1v) is 7.53. The molecular formula is C17H17ClN2O. The summed E-state index contributed by atoms with van der Waals surface area (Å²) in [6.07, 6.45) is 1.99. The fourth-order valence-corrected chi connectivity index (χ4v) is 3.16. The average molecular weight is 301 g/mol. The van der Waals surface area contributed by atoms with Crippen LogP contribution < -0.4 is 0 Å². The number of pyridine rings is 1. The van der Waals surface area contributed by atoms with E-state index < -0.39 is 0 Å². The van der Waals surface area contributed by atoms with E-state index in [1.165, 1.54) is 0 Å². The third-order valence-corrected chi connectivity index (χ3v) is 4.20. The van der Waals surface area contributed by atoms with Gasteiger partial charge in [-0.2, -0.15) is 0 Å². The Morgan fingerprint density at radius 3 is 2.71 bits per heavy atom. The molecule has 1 aliphatic rings. The standard InChI is InChI=1S/C17H17ClN2O/c1-12-14(9-10-16(18)19-12)15-8-5-11-20(15)17(21)13-6-3-2-4-7-13/h2-4,6-7,9-10,15H,5,8,11H2,1H3/t15-/m0/s1. The molecule has 21 heavy (non-hydrogen) atoms. The maximum atomic E-state index is 12.7. The molecule has 1 atom stereocenters. The van der Waals surface area contributed by atoms with Crippen LogP contribution in [0.25, 0.3) is 0 Å². The Labute approximate surface area is 129 Å². The lowest BCUT2D eigenvalue weighted by Crippen LogP contribution is -2.31. The molecule has 1 aliphatic heterocycles. The van der Waals surface area contributed by atoms with Gasteiger partial charge in [0.15, 0.2) is 0 Å². The Balaban J connectivity index is 1.91. The van der Waals surface area contributed by atoms with Crippen LogP contribution in [-0.4, -0.2) is 22.3 Å². The van der Waals surface area contributed by atoms with Gasteiger partial charge in [0.25, 0.3) is 5.91 Å². The first-order chi connectivity index (χ1) is 10.2. The zero-order chi connectivity index (χ0) is 14.8. The van der Waals surface area contributed by atoms with E-state index in [2.05, 4.69) is 4.98 Å². The van der Waals surface area contributed by atoms with Crippen LogP contribution in [0.15, 0.2) is 42.5 Å². The number of hydrogen-bond acceptors (Lipinski definition) is 2. The highest BCUT2D eigenvalue weighted by Crippen LogP contribution is 2.34. The van der Waals surface area contributed by atoms with Crippen molar-refractivity contribution in [1.82, 2.24) is 9.88 Å². The van der Waals surface area contributed by atoms with Crippen molar-refractivity contribution in [2.75, 3.05) is 6.54 Å². The summed E-state index contributed by atoms with van der Waals surface area (Å²) in [5.74, 6) is 0.0902. The summed E-state index contributed by atoms with van der Waals surface area (Å²) in [6.45, 7) is 2.74. The van der Waals surface area contributed by atoms with E-state index in [4.69, 9.17) is 11.6 Å². The lowest BCUT2D eigenvalue weighted by molar-refractivity contribution is 0.0735. The van der Waals surface area contributed by atoms with Crippen LogP contribution in [-0.2, 0) is 0 Å². The maximum absolute atomic E-state index is 12.7. The van der Waals surface area contributed by atoms with Crippen LogP contribution >= 0.6 is 11.6 Å². The molecule has 1 saturated heterocycles. The Bertz CT molecular complexity index is 657. The van der Waals surface area contributed by atoms with Crippen molar-refractivity contribution in [3.05, 3.63) is 64.4 Å². The lowest BCUT2D eigenvalue weighted by atomic mass is 10.0. The highest BCUT2D eigenvalue weighted by molar-refractivity contribution is 6.29. The van der Waals surface area contributed by atoms with Gasteiger partial charge in [-0.1, -0.05) is 35.9 Å². The molecular weight excluding hydrogens is 284 g/mol. The van der Waals surface area contributed by atoms with Gasteiger partial charge >= 0.3 is 0 Å². The van der Waals surface area contributed by atoms with Crippen molar-refractivity contribution >= 4 is 17.5 Å². The second kappa shape index (κ2) is 5.86. The predicted molar refractivity (Wildman–Crippen MR) is 83.4 cm³/mol. The maximum Gasteiger partial charge on any atom is 0.254 e. The zero-order valence-corrected chi connectivity index (χ0v) is 12.7. The Hall–Kier alpha value is -1.87. The van der Waals surface area contributed by atoms with Crippen molar-refractivity contribution in [3.8, 4) is 0 Å². The molecule has 1 aromatic carbocycles. The molecule has 0 aliphatic carbocycles. The molecule has 2 heterocycles. The fourth-order valence-electron chi connectivity index (χ4n) is 2.97. The smallest absolute Gasteiger partial charge is 0.254 e. The van der Waals surface area contributed by atoms with Gasteiger partial charge in [0.05, 0.1) is 6.04 Å². The molecule has 0 unspecified atom stereocenters. The normalized spacial score (nSPS) is 18.0. The van der Waals surface area contributed by atoms with Crippen molar-refractivity contribution in [2.24, 2.45) is 0 Å². The fraction of sp³-hybridized carbons (Fsp3) is 0.294. The number of amides is 1. The molecule has 0 bridgehead atoms. The number of carbonyl (C=O) groups is 1. The lowest BCUT2D eigenvalue weighted by Gasteiger charge is -2.26. The van der Waals surface area contributed by atoms with Crippen LogP contribution in [0.1, 0.15) is 40.5 Å². The van der Waals surface area contributed by atoms with Crippen LogP contribution in [0.5, 0.6) is 0 Å². The molecule has 4 heteroatoms. The monoisotopic (exact) mass is 300 g/mol. The van der Waals surface area contributed by atoms with Gasteiger partial charge in [-0.05, 0) is 43.5 Å². The first kappa shape index (κ1) is 14.1. The second-order valence-corrected chi connectivity index (χ2v) is 5.72. The first-order valence-electron chi connectivity index (χ1n) is 7.16. The molecule has 108 valence electrons. The highest BCUT2D eigenvalue weighted by Gasteiger charge is 2.31. The SMILES string of the molecule is Cc1nc(Cl)ccc1[C@@H]1CCCN1C(=O)c1ccccc1. The Morgan fingerprint density at radius 1 is 1.24 bits per heavy atom. The van der Waals surface area contributed by atoms with Gasteiger partial charge in [-0.3, -0.25) is 4.79 Å². The number of likely N-dealkylation sites (tertiary alicyclic amines) is 1. The van der Waals surface area contributed by atoms with Gasteiger partial charge in [0.1, 0.15) is 5.15 Å². The van der Waals surface area contributed by atoms with E-state index in [-0.39, 0.29) is 11.9 Å². The summed E-state index contributed by atoms with van der Waals surface area (Å²) in [5.41, 5.74) is 2.74. The molecule has 0 radical (unpaired) electrons. The summed E-state index contributed by atoms with van der Waals surface area (Å²) in [5, 5.41) is 0.496. The largest absolute Gasteiger partial charge is 0.332 e. The molecule has 0 saturated carbocycles. The number of hydrogen-bond donors (Lipinski definition) is 0. The van der Waals surface area contributed by atoms with Gasteiger partial charge in [-0.15, -0.1) is 0 Å². The topological polar surface area (TPSA) is 33.2 Å². The van der Waals surface area contributed by atoms with Crippen molar-refractivity contribution in [2.45, 2.75) is 25.8 Å². The molecule has 3 nitrogen and oxygen atoms in total. The minimum Gasteiger partial charge on any atom is -0.332 e. The Morgan fingerprint density at radius 2 is 2.00 bits per heavy atom. The number of carbonyl (C=O) groups excluding carboxylic acids is 1. The zero-order valence-electron chi connectivity index (χ0n) is 11.9. The van der Waals surface area contributed by atoms with Crippen LogP contribution in [0.4, 0.5) is 0 Å². The van der Waals surface area contributed by atoms with Gasteiger partial charge in [-0.25, -0.2) is 4.98 Å². The van der Waals surface area contributed by atoms with Crippen molar-refractivity contribution in [1.29, 1.82) is 0 Å². The van der Waals surface area contributed by atoms with E-state index in [0.29, 0.717) is 5.15 Å². The summed E-state index contributed by atoms with van der Waals surface area (Å²) in [4.78, 5) is 19.0. The molecule has 0 spiro atoms. The van der Waals surface area contributed by atoms with Crippen molar-refractivity contribution < 1.29 is 4.79 Å². The van der Waals surface area contributed by atoms with Gasteiger partial charge in [0, 0.05) is 17.8 Å². The summed E-state index contributed by atoms with van der Waals surface area (Å²) >= 11 is 5.93. The Kier molecular flexibility index (Phi) is 3.93. The summed E-state index contributed by atoms with van der Waals surface area (Å²) in [7, 11) is 0. The molecule has 1 amide bonds. The van der Waals surface area contributed by atoms with E-state index in [9.17, 15) is 4.79 Å². The minimum absolute atomic E-state index is 0.0902. The third-order valence-electron chi connectivity index (χ3n) is 3.99. The number of halogens is 1. The number of aryl methyl sites for hydroxylation is 1. The second-order valence-electron chi connectivity index (χ2n) is 5.33. The van der Waals surface area contributed by atoms with E-state index in [0.717, 1.165) is 36.2 Å².